The molecule has 0 aromatic carbocycles. The zero-order chi connectivity index (χ0) is 10.1. The predicted octanol–water partition coefficient (Wildman–Crippen LogP) is 3.62. The summed E-state index contributed by atoms with van der Waals surface area (Å²) in [5.41, 5.74) is 0. The van der Waals surface area contributed by atoms with Crippen molar-refractivity contribution in [2.24, 2.45) is 11.8 Å². The first kappa shape index (κ1) is 11.2. The summed E-state index contributed by atoms with van der Waals surface area (Å²) in [6.07, 6.45) is 2.90. The van der Waals surface area contributed by atoms with Crippen molar-refractivity contribution in [2.45, 2.75) is 39.2 Å². The first-order valence-corrected chi connectivity index (χ1v) is 6.80. The maximum atomic E-state index is 12.8. The van der Waals surface area contributed by atoms with Gasteiger partial charge in [-0.05, 0) is 24.7 Å². The van der Waals surface area contributed by atoms with Gasteiger partial charge in [0.1, 0.15) is 0 Å². The minimum atomic E-state index is -3.80. The zero-order valence-corrected chi connectivity index (χ0v) is 9.39. The van der Waals surface area contributed by atoms with E-state index in [-0.39, 0.29) is 6.10 Å². The maximum absolute atomic E-state index is 12.8. The monoisotopic (exact) mass is 208 g/mol. The van der Waals surface area contributed by atoms with Crippen LogP contribution in [-0.2, 0) is 9.09 Å². The molecule has 0 saturated heterocycles. The molecule has 4 heteroatoms. The van der Waals surface area contributed by atoms with Crippen LogP contribution in [0.2, 0.25) is 0 Å². The van der Waals surface area contributed by atoms with Gasteiger partial charge in [0.2, 0.25) is 0 Å². The van der Waals surface area contributed by atoms with E-state index in [4.69, 9.17) is 4.52 Å². The molecule has 0 radical (unpaired) electrons. The third-order valence-corrected chi connectivity index (χ3v) is 3.36. The molecule has 0 bridgehead atoms. The van der Waals surface area contributed by atoms with E-state index in [1.165, 1.54) is 6.42 Å². The Morgan fingerprint density at radius 2 is 2.00 bits per heavy atom. The van der Waals surface area contributed by atoms with Crippen molar-refractivity contribution >= 4 is 7.68 Å². The van der Waals surface area contributed by atoms with Gasteiger partial charge in [0.15, 0.2) is 0 Å². The SMILES string of the molecule is CC1CCC(C)C(OP(C)(=O)F)C1. The van der Waals surface area contributed by atoms with E-state index in [0.29, 0.717) is 11.8 Å². The van der Waals surface area contributed by atoms with Crippen LogP contribution in [0.1, 0.15) is 33.1 Å². The van der Waals surface area contributed by atoms with E-state index >= 15 is 0 Å². The van der Waals surface area contributed by atoms with Crippen LogP contribution in [-0.4, -0.2) is 12.8 Å². The fourth-order valence-corrected chi connectivity index (χ4v) is 2.65. The van der Waals surface area contributed by atoms with E-state index in [2.05, 4.69) is 6.92 Å². The summed E-state index contributed by atoms with van der Waals surface area (Å²) >= 11 is 0. The standard InChI is InChI=1S/C9H18FO2P/c1-7-4-5-8(2)9(6-7)12-13(3,10)11/h7-9H,4-6H2,1-3H3. The molecule has 1 aliphatic carbocycles. The van der Waals surface area contributed by atoms with Crippen molar-refractivity contribution in [3.8, 4) is 0 Å². The van der Waals surface area contributed by atoms with Crippen LogP contribution in [0.5, 0.6) is 0 Å². The molecule has 4 unspecified atom stereocenters. The van der Waals surface area contributed by atoms with Crippen molar-refractivity contribution in [1.29, 1.82) is 0 Å². The lowest BCUT2D eigenvalue weighted by Crippen LogP contribution is -2.28. The fraction of sp³-hybridized carbons (Fsp3) is 1.00. The minimum Gasteiger partial charge on any atom is -0.302 e. The third-order valence-electron chi connectivity index (χ3n) is 2.71. The zero-order valence-electron chi connectivity index (χ0n) is 8.50. The highest BCUT2D eigenvalue weighted by Crippen LogP contribution is 2.48. The van der Waals surface area contributed by atoms with Gasteiger partial charge in [-0.25, -0.2) is 0 Å². The highest BCUT2D eigenvalue weighted by Gasteiger charge is 2.30. The van der Waals surface area contributed by atoms with Crippen LogP contribution in [0.4, 0.5) is 4.20 Å². The summed E-state index contributed by atoms with van der Waals surface area (Å²) in [5, 5.41) is 0. The number of halogens is 1. The first-order chi connectivity index (χ1) is 5.88. The van der Waals surface area contributed by atoms with E-state index in [9.17, 15) is 8.76 Å². The second-order valence-corrected chi connectivity index (χ2v) is 5.99. The second-order valence-electron chi connectivity index (χ2n) is 4.29. The molecule has 2 nitrogen and oxygen atoms in total. The Labute approximate surface area is 79.4 Å². The Balaban J connectivity index is 2.51. The van der Waals surface area contributed by atoms with Gasteiger partial charge in [-0.1, -0.05) is 20.3 Å². The Morgan fingerprint density at radius 3 is 2.54 bits per heavy atom. The average Bonchev–Trinajstić information content (AvgIpc) is 1.94. The Bertz CT molecular complexity index is 214. The Morgan fingerprint density at radius 1 is 1.38 bits per heavy atom. The van der Waals surface area contributed by atoms with Crippen molar-refractivity contribution in [3.63, 3.8) is 0 Å². The topological polar surface area (TPSA) is 26.3 Å². The van der Waals surface area contributed by atoms with Gasteiger partial charge in [0.25, 0.3) is 0 Å². The lowest BCUT2D eigenvalue weighted by atomic mass is 9.82. The van der Waals surface area contributed by atoms with Gasteiger partial charge in [0, 0.05) is 6.66 Å². The van der Waals surface area contributed by atoms with Gasteiger partial charge in [-0.15, -0.1) is 0 Å². The van der Waals surface area contributed by atoms with E-state index in [0.717, 1.165) is 19.5 Å². The third kappa shape index (κ3) is 3.78. The number of rotatable bonds is 2. The van der Waals surface area contributed by atoms with Crippen LogP contribution >= 0.6 is 7.68 Å². The van der Waals surface area contributed by atoms with Gasteiger partial charge in [0.05, 0.1) is 6.10 Å². The number of hydrogen-bond donors (Lipinski definition) is 0. The number of hydrogen-bond acceptors (Lipinski definition) is 2. The Hall–Kier alpha value is 0.120. The molecule has 0 amide bonds. The minimum absolute atomic E-state index is 0.149. The molecule has 0 spiro atoms. The lowest BCUT2D eigenvalue weighted by molar-refractivity contribution is 0.0757. The quantitative estimate of drug-likeness (QED) is 0.648. The highest BCUT2D eigenvalue weighted by molar-refractivity contribution is 7.52. The van der Waals surface area contributed by atoms with Crippen LogP contribution in [0.25, 0.3) is 0 Å². The summed E-state index contributed by atoms with van der Waals surface area (Å²) in [6.45, 7) is 5.20. The van der Waals surface area contributed by atoms with Crippen molar-refractivity contribution in [3.05, 3.63) is 0 Å². The van der Waals surface area contributed by atoms with Crippen molar-refractivity contribution in [2.75, 3.05) is 6.66 Å². The molecule has 0 aromatic heterocycles. The largest absolute Gasteiger partial charge is 0.364 e. The summed E-state index contributed by atoms with van der Waals surface area (Å²) < 4.78 is 28.6. The Kier molecular flexibility index (Phi) is 3.53. The molecule has 1 saturated carbocycles. The molecule has 1 rings (SSSR count). The van der Waals surface area contributed by atoms with Crippen molar-refractivity contribution in [1.82, 2.24) is 0 Å². The molecule has 0 heterocycles. The molecule has 1 fully saturated rings. The van der Waals surface area contributed by atoms with Crippen LogP contribution in [0.3, 0.4) is 0 Å². The normalized spacial score (nSPS) is 39.8. The highest BCUT2D eigenvalue weighted by atomic mass is 31.2. The first-order valence-electron chi connectivity index (χ1n) is 4.84. The van der Waals surface area contributed by atoms with Gasteiger partial charge in [-0.2, -0.15) is 4.20 Å². The fourth-order valence-electron chi connectivity index (χ4n) is 1.87. The van der Waals surface area contributed by atoms with Gasteiger partial charge in [-0.3, -0.25) is 4.57 Å². The summed E-state index contributed by atoms with van der Waals surface area (Å²) in [6, 6.07) is 0. The molecular weight excluding hydrogens is 190 g/mol. The molecule has 13 heavy (non-hydrogen) atoms. The molecule has 0 aromatic rings. The van der Waals surface area contributed by atoms with Crippen LogP contribution < -0.4 is 0 Å². The molecule has 1 aliphatic rings. The molecular formula is C9H18FO2P. The van der Waals surface area contributed by atoms with Gasteiger partial charge < -0.3 is 4.52 Å². The molecule has 0 aliphatic heterocycles. The molecule has 4 atom stereocenters. The van der Waals surface area contributed by atoms with E-state index in [1.54, 1.807) is 0 Å². The van der Waals surface area contributed by atoms with Gasteiger partial charge >= 0.3 is 7.68 Å². The van der Waals surface area contributed by atoms with Crippen LogP contribution in [0, 0.1) is 11.8 Å². The van der Waals surface area contributed by atoms with Crippen molar-refractivity contribution < 1.29 is 13.3 Å². The lowest BCUT2D eigenvalue weighted by Gasteiger charge is -2.32. The van der Waals surface area contributed by atoms with E-state index < -0.39 is 7.68 Å². The average molecular weight is 208 g/mol. The predicted molar refractivity (Wildman–Crippen MR) is 51.7 cm³/mol. The maximum Gasteiger partial charge on any atom is 0.364 e. The molecule has 0 N–H and O–H groups in total. The molecule has 78 valence electrons. The van der Waals surface area contributed by atoms with Crippen LogP contribution in [0.15, 0.2) is 0 Å². The summed E-state index contributed by atoms with van der Waals surface area (Å²) in [4.78, 5) is 0. The summed E-state index contributed by atoms with van der Waals surface area (Å²) in [5.74, 6) is 0.896. The smallest absolute Gasteiger partial charge is 0.302 e. The second kappa shape index (κ2) is 4.10. The van der Waals surface area contributed by atoms with E-state index in [1.807, 2.05) is 6.92 Å². The summed E-state index contributed by atoms with van der Waals surface area (Å²) in [7, 11) is -3.80.